The van der Waals surface area contributed by atoms with Crippen LogP contribution in [-0.4, -0.2) is 31.5 Å². The van der Waals surface area contributed by atoms with Crippen LogP contribution in [0.2, 0.25) is 0 Å². The topological polar surface area (TPSA) is 27.7 Å². The van der Waals surface area contributed by atoms with Crippen molar-refractivity contribution in [3.63, 3.8) is 0 Å². The first-order valence-corrected chi connectivity index (χ1v) is 7.33. The zero-order valence-corrected chi connectivity index (χ0v) is 13.0. The Morgan fingerprint density at radius 2 is 2.11 bits per heavy atom. The first kappa shape index (κ1) is 16.1. The molecule has 1 saturated heterocycles. The van der Waals surface area contributed by atoms with E-state index in [1.807, 2.05) is 6.08 Å². The van der Waals surface area contributed by atoms with Gasteiger partial charge in [0.15, 0.2) is 0 Å². The van der Waals surface area contributed by atoms with Crippen LogP contribution in [0.25, 0.3) is 0 Å². The Morgan fingerprint density at radius 1 is 1.39 bits per heavy atom. The molecule has 0 saturated carbocycles. The lowest BCUT2D eigenvalue weighted by molar-refractivity contribution is -0.0257. The fourth-order valence-corrected chi connectivity index (χ4v) is 3.18. The summed E-state index contributed by atoms with van der Waals surface area (Å²) in [5.41, 5.74) is 0. The van der Waals surface area contributed by atoms with Gasteiger partial charge in [0.25, 0.3) is 0 Å². The third kappa shape index (κ3) is 3.77. The maximum Gasteiger partial charge on any atom is 0.0886 e. The smallest absolute Gasteiger partial charge is 0.0886 e. The number of hydrogen-bond acceptors (Lipinski definition) is 3. The highest BCUT2D eigenvalue weighted by molar-refractivity contribution is 7.09. The van der Waals surface area contributed by atoms with Gasteiger partial charge in [-0.3, -0.25) is 0 Å². The van der Waals surface area contributed by atoms with Crippen LogP contribution in [0.15, 0.2) is 12.7 Å². The van der Waals surface area contributed by atoms with E-state index >= 15 is 0 Å². The molecule has 0 aromatic rings. The van der Waals surface area contributed by atoms with Gasteiger partial charge in [-0.05, 0) is 19.3 Å². The van der Waals surface area contributed by atoms with Gasteiger partial charge >= 0.3 is 0 Å². The summed E-state index contributed by atoms with van der Waals surface area (Å²) in [7, 11) is 4.14. The molecule has 0 aromatic heterocycles. The van der Waals surface area contributed by atoms with Crippen molar-refractivity contribution >= 4 is 9.47 Å². The van der Waals surface area contributed by atoms with Gasteiger partial charge in [0, 0.05) is 28.9 Å². The molecule has 0 radical (unpaired) electrons. The van der Waals surface area contributed by atoms with Crippen molar-refractivity contribution in [1.82, 2.24) is 0 Å². The van der Waals surface area contributed by atoms with Crippen LogP contribution in [0.5, 0.6) is 0 Å². The second-order valence-electron chi connectivity index (χ2n) is 4.91. The van der Waals surface area contributed by atoms with Gasteiger partial charge in [-0.15, -0.1) is 6.58 Å². The maximum atomic E-state index is 6.16. The standard InChI is InChI=1S/C14H27O3P/c1-5-8-12-11(7-3)14(15-4)13(16-12)9-10(6-2)17-18/h5,10-14H,1,6-9,18H2,2-4H3/t10-,11+,12+,13-,14-/m1/s1. The minimum absolute atomic E-state index is 0.135. The van der Waals surface area contributed by atoms with E-state index in [1.54, 1.807) is 7.11 Å². The molecule has 1 aliphatic heterocycles. The SMILES string of the molecule is C=CC[C@@H]1O[C@H](C[C@@H](CC)OP)[C@H](OC)[C@H]1CC. The van der Waals surface area contributed by atoms with Crippen molar-refractivity contribution in [2.24, 2.45) is 5.92 Å². The molecule has 1 heterocycles. The highest BCUT2D eigenvalue weighted by Gasteiger charge is 2.43. The average Bonchev–Trinajstić information content (AvgIpc) is 2.72. The summed E-state index contributed by atoms with van der Waals surface area (Å²) < 4.78 is 17.2. The van der Waals surface area contributed by atoms with E-state index in [1.165, 1.54) is 0 Å². The molecule has 0 bridgehead atoms. The summed E-state index contributed by atoms with van der Waals surface area (Å²) in [6, 6.07) is 0. The van der Waals surface area contributed by atoms with Crippen molar-refractivity contribution < 1.29 is 14.0 Å². The number of methoxy groups -OCH3 is 1. The third-order valence-corrected chi connectivity index (χ3v) is 4.29. The zero-order valence-electron chi connectivity index (χ0n) is 11.8. The minimum atomic E-state index is 0.135. The fourth-order valence-electron chi connectivity index (χ4n) is 2.87. The molecular weight excluding hydrogens is 247 g/mol. The lowest BCUT2D eigenvalue weighted by Gasteiger charge is -2.23. The third-order valence-electron chi connectivity index (χ3n) is 3.90. The molecular formula is C14H27O3P. The summed E-state index contributed by atoms with van der Waals surface area (Å²) in [6.07, 6.45) is 6.56. The van der Waals surface area contributed by atoms with Gasteiger partial charge in [-0.25, -0.2) is 0 Å². The number of hydrogen-bond donors (Lipinski definition) is 0. The quantitative estimate of drug-likeness (QED) is 0.502. The van der Waals surface area contributed by atoms with Crippen LogP contribution in [0.3, 0.4) is 0 Å². The number of ether oxygens (including phenoxy) is 2. The van der Waals surface area contributed by atoms with E-state index in [4.69, 9.17) is 14.0 Å². The Hall–Kier alpha value is 0.0500. The predicted octanol–water partition coefficient (Wildman–Crippen LogP) is 3.35. The van der Waals surface area contributed by atoms with E-state index in [2.05, 4.69) is 29.9 Å². The predicted molar refractivity (Wildman–Crippen MR) is 77.5 cm³/mol. The molecule has 6 atom stereocenters. The van der Waals surface area contributed by atoms with Gasteiger partial charge < -0.3 is 14.0 Å². The Balaban J connectivity index is 2.69. The minimum Gasteiger partial charge on any atom is -0.378 e. The van der Waals surface area contributed by atoms with Crippen molar-refractivity contribution in [3.8, 4) is 0 Å². The summed E-state index contributed by atoms with van der Waals surface area (Å²) in [6.45, 7) is 8.14. The molecule has 0 aliphatic carbocycles. The van der Waals surface area contributed by atoms with Crippen molar-refractivity contribution in [2.45, 2.75) is 63.9 Å². The van der Waals surface area contributed by atoms with Crippen LogP contribution < -0.4 is 0 Å². The molecule has 18 heavy (non-hydrogen) atoms. The van der Waals surface area contributed by atoms with E-state index < -0.39 is 0 Å². The highest BCUT2D eigenvalue weighted by Crippen LogP contribution is 2.36. The molecule has 0 amide bonds. The zero-order chi connectivity index (χ0) is 13.5. The first-order valence-electron chi connectivity index (χ1n) is 6.86. The number of rotatable bonds is 8. The second kappa shape index (κ2) is 8.27. The van der Waals surface area contributed by atoms with Crippen LogP contribution >= 0.6 is 9.47 Å². The van der Waals surface area contributed by atoms with Gasteiger partial charge in [-0.1, -0.05) is 19.9 Å². The molecule has 0 aromatic carbocycles. The monoisotopic (exact) mass is 274 g/mol. The van der Waals surface area contributed by atoms with E-state index in [0.29, 0.717) is 5.92 Å². The largest absolute Gasteiger partial charge is 0.378 e. The van der Waals surface area contributed by atoms with E-state index in [-0.39, 0.29) is 24.4 Å². The lowest BCUT2D eigenvalue weighted by atomic mass is 9.90. The maximum absolute atomic E-state index is 6.16. The van der Waals surface area contributed by atoms with Crippen LogP contribution in [0, 0.1) is 5.92 Å². The molecule has 106 valence electrons. The first-order chi connectivity index (χ1) is 8.71. The Kier molecular flexibility index (Phi) is 7.40. The van der Waals surface area contributed by atoms with Crippen LogP contribution in [0.1, 0.15) is 39.5 Å². The molecule has 0 spiro atoms. The summed E-state index contributed by atoms with van der Waals surface area (Å²) in [5.74, 6) is 0.458. The van der Waals surface area contributed by atoms with Crippen molar-refractivity contribution in [3.05, 3.63) is 12.7 Å². The second-order valence-corrected chi connectivity index (χ2v) is 5.18. The fraction of sp³-hybridized carbons (Fsp3) is 0.857. The van der Waals surface area contributed by atoms with Crippen molar-refractivity contribution in [1.29, 1.82) is 0 Å². The summed E-state index contributed by atoms with van der Waals surface area (Å²) >= 11 is 0. The van der Waals surface area contributed by atoms with Gasteiger partial charge in [0.05, 0.1) is 24.4 Å². The van der Waals surface area contributed by atoms with Gasteiger partial charge in [-0.2, -0.15) is 0 Å². The molecule has 1 rings (SSSR count). The average molecular weight is 274 g/mol. The Labute approximate surface area is 114 Å². The Morgan fingerprint density at radius 3 is 2.56 bits per heavy atom. The summed E-state index contributed by atoms with van der Waals surface area (Å²) in [5, 5.41) is 0. The molecule has 1 unspecified atom stereocenters. The normalized spacial score (nSPS) is 33.6. The van der Waals surface area contributed by atoms with E-state index in [9.17, 15) is 0 Å². The lowest BCUT2D eigenvalue weighted by Crippen LogP contribution is -2.32. The molecule has 3 nitrogen and oxygen atoms in total. The molecule has 1 aliphatic rings. The van der Waals surface area contributed by atoms with Crippen LogP contribution in [0.4, 0.5) is 0 Å². The van der Waals surface area contributed by atoms with Gasteiger partial charge in [0.2, 0.25) is 0 Å². The molecule has 0 N–H and O–H groups in total. The van der Waals surface area contributed by atoms with E-state index in [0.717, 1.165) is 25.7 Å². The van der Waals surface area contributed by atoms with Gasteiger partial charge in [0.1, 0.15) is 0 Å². The highest BCUT2D eigenvalue weighted by atomic mass is 31.0. The Bertz CT molecular complexity index is 243. The molecule has 1 fully saturated rings. The van der Waals surface area contributed by atoms with Crippen LogP contribution in [-0.2, 0) is 14.0 Å². The summed E-state index contributed by atoms with van der Waals surface area (Å²) in [4.78, 5) is 0. The molecule has 4 heteroatoms. The van der Waals surface area contributed by atoms with Crippen molar-refractivity contribution in [2.75, 3.05) is 7.11 Å².